The maximum Gasteiger partial charge on any atom is 0.240 e. The van der Waals surface area contributed by atoms with Gasteiger partial charge in [-0.05, 0) is 55.9 Å². The van der Waals surface area contributed by atoms with Crippen molar-refractivity contribution in [2.24, 2.45) is 0 Å². The van der Waals surface area contributed by atoms with Crippen LogP contribution in [-0.2, 0) is 21.2 Å². The van der Waals surface area contributed by atoms with Crippen LogP contribution in [0.2, 0.25) is 0 Å². The first-order valence-electron chi connectivity index (χ1n) is 7.48. The van der Waals surface area contributed by atoms with Gasteiger partial charge in [0.2, 0.25) is 15.9 Å². The average Bonchev–Trinajstić information content (AvgIpc) is 3.23. The summed E-state index contributed by atoms with van der Waals surface area (Å²) in [6.07, 6.45) is 3.56. The Morgan fingerprint density at radius 1 is 1.29 bits per heavy atom. The van der Waals surface area contributed by atoms with E-state index < -0.39 is 10.0 Å². The zero-order valence-electron chi connectivity index (χ0n) is 11.9. The highest BCUT2D eigenvalue weighted by molar-refractivity contribution is 7.89. The van der Waals surface area contributed by atoms with Crippen molar-refractivity contribution >= 4 is 21.6 Å². The summed E-state index contributed by atoms with van der Waals surface area (Å²) in [6, 6.07) is 3.54. The Kier molecular flexibility index (Phi) is 2.72. The highest BCUT2D eigenvalue weighted by Crippen LogP contribution is 2.43. The zero-order chi connectivity index (χ0) is 14.8. The predicted molar refractivity (Wildman–Crippen MR) is 78.9 cm³/mol. The first-order chi connectivity index (χ1) is 9.97. The number of nitrogens with one attached hydrogen (secondary N) is 1. The topological polar surface area (TPSA) is 66.5 Å². The van der Waals surface area contributed by atoms with Crippen molar-refractivity contribution in [3.05, 3.63) is 23.3 Å². The van der Waals surface area contributed by atoms with Gasteiger partial charge in [-0.1, -0.05) is 0 Å². The molecule has 6 heteroatoms. The van der Waals surface area contributed by atoms with E-state index in [2.05, 4.69) is 4.72 Å². The molecule has 1 aliphatic carbocycles. The number of carbonyl (C=O) groups excluding carboxylic acids is 1. The maximum atomic E-state index is 12.4. The highest BCUT2D eigenvalue weighted by atomic mass is 32.2. The van der Waals surface area contributed by atoms with Crippen LogP contribution < -0.4 is 9.62 Å². The normalized spacial score (nSPS) is 24.3. The minimum atomic E-state index is -3.47. The van der Waals surface area contributed by atoms with E-state index in [0.29, 0.717) is 4.90 Å². The molecule has 1 saturated carbocycles. The number of sulfonamides is 1. The number of carbonyl (C=O) groups is 1. The largest absolute Gasteiger partial charge is 0.311 e. The fourth-order valence-corrected chi connectivity index (χ4v) is 4.70. The number of benzene rings is 1. The third kappa shape index (κ3) is 2.00. The van der Waals surface area contributed by atoms with E-state index >= 15 is 0 Å². The summed E-state index contributed by atoms with van der Waals surface area (Å²) in [4.78, 5) is 14.4. The molecular weight excluding hydrogens is 288 g/mol. The molecular formula is C15H18N2O3S. The van der Waals surface area contributed by atoms with Gasteiger partial charge in [0.25, 0.3) is 0 Å². The second-order valence-corrected chi connectivity index (χ2v) is 7.94. The van der Waals surface area contributed by atoms with E-state index in [4.69, 9.17) is 0 Å². The third-order valence-corrected chi connectivity index (χ3v) is 6.10. The number of nitrogens with zero attached hydrogens (tertiary/aromatic N) is 1. The lowest BCUT2D eigenvalue weighted by Crippen LogP contribution is -2.32. The van der Waals surface area contributed by atoms with Crippen molar-refractivity contribution in [2.45, 2.75) is 49.5 Å². The van der Waals surface area contributed by atoms with Crippen molar-refractivity contribution in [3.8, 4) is 0 Å². The van der Waals surface area contributed by atoms with Crippen molar-refractivity contribution < 1.29 is 13.2 Å². The molecule has 3 aliphatic rings. The molecule has 0 bridgehead atoms. The van der Waals surface area contributed by atoms with Gasteiger partial charge in [0.05, 0.1) is 16.5 Å². The summed E-state index contributed by atoms with van der Waals surface area (Å²) < 4.78 is 27.6. The van der Waals surface area contributed by atoms with Crippen molar-refractivity contribution in [3.63, 3.8) is 0 Å². The van der Waals surface area contributed by atoms with Crippen LogP contribution in [0.15, 0.2) is 17.0 Å². The lowest BCUT2D eigenvalue weighted by Gasteiger charge is -2.26. The summed E-state index contributed by atoms with van der Waals surface area (Å²) >= 11 is 0. The second-order valence-electron chi connectivity index (χ2n) is 6.23. The number of amides is 1. The van der Waals surface area contributed by atoms with E-state index in [1.807, 2.05) is 11.8 Å². The third-order valence-electron chi connectivity index (χ3n) is 4.60. The number of hydrogen-bond donors (Lipinski definition) is 1. The van der Waals surface area contributed by atoms with E-state index in [9.17, 15) is 13.2 Å². The van der Waals surface area contributed by atoms with Crippen LogP contribution in [0.1, 0.15) is 43.2 Å². The molecule has 1 aromatic carbocycles. The Morgan fingerprint density at radius 3 is 2.76 bits per heavy atom. The van der Waals surface area contributed by atoms with E-state index in [1.165, 1.54) is 0 Å². The molecule has 4 rings (SSSR count). The van der Waals surface area contributed by atoms with Crippen LogP contribution in [0.4, 0.5) is 5.69 Å². The Hall–Kier alpha value is -1.40. The molecule has 0 radical (unpaired) electrons. The van der Waals surface area contributed by atoms with Crippen molar-refractivity contribution in [1.82, 2.24) is 4.72 Å². The first-order valence-corrected chi connectivity index (χ1v) is 8.96. The number of hydrogen-bond acceptors (Lipinski definition) is 3. The lowest BCUT2D eigenvalue weighted by molar-refractivity contribution is -0.119. The Balaban J connectivity index is 1.84. The molecule has 1 N–H and O–H groups in total. The molecule has 2 heterocycles. The fourth-order valence-electron chi connectivity index (χ4n) is 3.31. The number of anilines is 1. The van der Waals surface area contributed by atoms with Gasteiger partial charge in [-0.3, -0.25) is 4.79 Å². The molecule has 1 aromatic rings. The van der Waals surface area contributed by atoms with Gasteiger partial charge in [0.1, 0.15) is 0 Å². The minimum absolute atomic E-state index is 0.0927. The number of rotatable bonds is 3. The Labute approximate surface area is 124 Å². The summed E-state index contributed by atoms with van der Waals surface area (Å²) in [5.74, 6) is -0.149. The van der Waals surface area contributed by atoms with Crippen LogP contribution >= 0.6 is 0 Å². The van der Waals surface area contributed by atoms with Crippen LogP contribution in [0.5, 0.6) is 0 Å². The first kappa shape index (κ1) is 13.3. The maximum absolute atomic E-state index is 12.4. The number of aryl methyl sites for hydroxylation is 1. The lowest BCUT2D eigenvalue weighted by atomic mass is 9.97. The molecule has 2 aliphatic heterocycles. The molecule has 1 amide bonds. The average molecular weight is 306 g/mol. The minimum Gasteiger partial charge on any atom is -0.311 e. The van der Waals surface area contributed by atoms with Gasteiger partial charge >= 0.3 is 0 Å². The molecule has 1 fully saturated rings. The molecule has 0 spiro atoms. The van der Waals surface area contributed by atoms with Crippen LogP contribution in [0.25, 0.3) is 0 Å². The van der Waals surface area contributed by atoms with Gasteiger partial charge in [0, 0.05) is 12.6 Å². The predicted octanol–water partition coefficient (Wildman–Crippen LogP) is 1.52. The summed E-state index contributed by atoms with van der Waals surface area (Å²) in [5.41, 5.74) is 2.82. The molecule has 1 unspecified atom stereocenters. The van der Waals surface area contributed by atoms with E-state index in [1.54, 1.807) is 12.1 Å². The van der Waals surface area contributed by atoms with Gasteiger partial charge in [-0.25, -0.2) is 13.1 Å². The fraction of sp³-hybridized carbons (Fsp3) is 0.533. The van der Waals surface area contributed by atoms with Gasteiger partial charge in [-0.2, -0.15) is 0 Å². The van der Waals surface area contributed by atoms with E-state index in [0.717, 1.165) is 49.0 Å². The van der Waals surface area contributed by atoms with Gasteiger partial charge in [-0.15, -0.1) is 0 Å². The Morgan fingerprint density at radius 2 is 2.05 bits per heavy atom. The molecule has 0 saturated heterocycles. The summed E-state index contributed by atoms with van der Waals surface area (Å²) in [5, 5.41) is 0. The van der Waals surface area contributed by atoms with Crippen LogP contribution in [0.3, 0.4) is 0 Å². The second kappa shape index (κ2) is 4.30. The molecule has 5 nitrogen and oxygen atoms in total. The van der Waals surface area contributed by atoms with Crippen LogP contribution in [0, 0.1) is 0 Å². The molecule has 112 valence electrons. The molecule has 1 atom stereocenters. The zero-order valence-corrected chi connectivity index (χ0v) is 12.7. The van der Waals surface area contributed by atoms with E-state index in [-0.39, 0.29) is 17.9 Å². The molecule has 0 aromatic heterocycles. The van der Waals surface area contributed by atoms with Crippen molar-refractivity contribution in [2.75, 3.05) is 11.4 Å². The highest BCUT2D eigenvalue weighted by Gasteiger charge is 2.39. The monoisotopic (exact) mass is 306 g/mol. The van der Waals surface area contributed by atoms with Crippen molar-refractivity contribution in [1.29, 1.82) is 0 Å². The molecule has 21 heavy (non-hydrogen) atoms. The van der Waals surface area contributed by atoms with Gasteiger partial charge < -0.3 is 4.90 Å². The SMILES string of the molecule is CC1C(=O)N2CCCc3cc(S(=O)(=O)NC4CC4)cc1c32. The Bertz CT molecular complexity index is 738. The van der Waals surface area contributed by atoms with Gasteiger partial charge in [0.15, 0.2) is 0 Å². The standard InChI is InChI=1S/C15H18N2O3S/c1-9-13-8-12(21(19,20)16-11-4-5-11)7-10-3-2-6-17(14(10)13)15(9)18/h7-9,11,16H,2-6H2,1H3. The summed E-state index contributed by atoms with van der Waals surface area (Å²) in [7, 11) is -3.47. The summed E-state index contributed by atoms with van der Waals surface area (Å²) in [6.45, 7) is 2.61. The van der Waals surface area contributed by atoms with Crippen LogP contribution in [-0.4, -0.2) is 26.9 Å². The quantitative estimate of drug-likeness (QED) is 0.921. The smallest absolute Gasteiger partial charge is 0.240 e.